The van der Waals surface area contributed by atoms with Crippen molar-refractivity contribution in [2.45, 2.75) is 32.4 Å². The monoisotopic (exact) mass is 206 g/mol. The summed E-state index contributed by atoms with van der Waals surface area (Å²) in [6.45, 7) is 3.90. The molecular formula is C12H18N2O. The van der Waals surface area contributed by atoms with Gasteiger partial charge in [-0.3, -0.25) is 4.79 Å². The third-order valence-corrected chi connectivity index (χ3v) is 2.14. The number of carbonyl (C=O) groups is 1. The lowest BCUT2D eigenvalue weighted by Crippen LogP contribution is -2.36. The maximum absolute atomic E-state index is 11.7. The van der Waals surface area contributed by atoms with Crippen molar-refractivity contribution < 1.29 is 4.79 Å². The molecule has 15 heavy (non-hydrogen) atoms. The van der Waals surface area contributed by atoms with Crippen LogP contribution in [0.3, 0.4) is 0 Å². The van der Waals surface area contributed by atoms with E-state index in [1.165, 1.54) is 0 Å². The Morgan fingerprint density at radius 3 is 2.47 bits per heavy atom. The maximum atomic E-state index is 11.7. The summed E-state index contributed by atoms with van der Waals surface area (Å²) >= 11 is 0. The van der Waals surface area contributed by atoms with E-state index in [-0.39, 0.29) is 18.0 Å². The van der Waals surface area contributed by atoms with E-state index in [9.17, 15) is 4.79 Å². The van der Waals surface area contributed by atoms with Gasteiger partial charge < -0.3 is 11.1 Å². The number of hydrogen-bond acceptors (Lipinski definition) is 2. The van der Waals surface area contributed by atoms with Crippen LogP contribution in [0.15, 0.2) is 30.3 Å². The predicted octanol–water partition coefficient (Wildman–Crippen LogP) is 1.54. The molecule has 0 heterocycles. The van der Waals surface area contributed by atoms with Gasteiger partial charge in [0, 0.05) is 17.6 Å². The van der Waals surface area contributed by atoms with E-state index in [1.807, 2.05) is 32.0 Å². The van der Waals surface area contributed by atoms with Gasteiger partial charge >= 0.3 is 0 Å². The van der Waals surface area contributed by atoms with E-state index in [2.05, 4.69) is 5.32 Å². The van der Waals surface area contributed by atoms with E-state index >= 15 is 0 Å². The molecule has 2 atom stereocenters. The average Bonchev–Trinajstić information content (AvgIpc) is 2.17. The minimum absolute atomic E-state index is 0.0382. The maximum Gasteiger partial charge on any atom is 0.251 e. The Kier molecular flexibility index (Phi) is 4.31. The van der Waals surface area contributed by atoms with Gasteiger partial charge in [0.1, 0.15) is 0 Å². The van der Waals surface area contributed by atoms with E-state index in [0.717, 1.165) is 6.42 Å². The Labute approximate surface area is 90.7 Å². The molecule has 2 unspecified atom stereocenters. The summed E-state index contributed by atoms with van der Waals surface area (Å²) in [7, 11) is 0. The Hall–Kier alpha value is -1.35. The van der Waals surface area contributed by atoms with Crippen LogP contribution in [0, 0.1) is 0 Å². The van der Waals surface area contributed by atoms with Crippen LogP contribution in [-0.4, -0.2) is 18.0 Å². The highest BCUT2D eigenvalue weighted by molar-refractivity contribution is 5.94. The van der Waals surface area contributed by atoms with Crippen LogP contribution >= 0.6 is 0 Å². The minimum Gasteiger partial charge on any atom is -0.350 e. The second kappa shape index (κ2) is 5.51. The normalized spacial score (nSPS) is 14.3. The highest BCUT2D eigenvalue weighted by Gasteiger charge is 2.10. The van der Waals surface area contributed by atoms with E-state index in [0.29, 0.717) is 5.56 Å². The molecule has 82 valence electrons. The van der Waals surface area contributed by atoms with Gasteiger partial charge in [-0.1, -0.05) is 18.2 Å². The molecule has 1 aromatic rings. The fourth-order valence-electron chi connectivity index (χ4n) is 1.51. The van der Waals surface area contributed by atoms with Gasteiger partial charge in [-0.15, -0.1) is 0 Å². The van der Waals surface area contributed by atoms with Crippen LogP contribution < -0.4 is 11.1 Å². The molecule has 1 amide bonds. The molecule has 0 aromatic heterocycles. The van der Waals surface area contributed by atoms with Crippen molar-refractivity contribution in [3.8, 4) is 0 Å². The Balaban J connectivity index is 2.49. The number of rotatable bonds is 4. The van der Waals surface area contributed by atoms with E-state index in [4.69, 9.17) is 5.73 Å². The number of nitrogens with one attached hydrogen (secondary N) is 1. The van der Waals surface area contributed by atoms with Crippen LogP contribution in [0.25, 0.3) is 0 Å². The first-order chi connectivity index (χ1) is 7.09. The summed E-state index contributed by atoms with van der Waals surface area (Å²) in [5.74, 6) is -0.0382. The van der Waals surface area contributed by atoms with E-state index in [1.54, 1.807) is 12.1 Å². The lowest BCUT2D eigenvalue weighted by Gasteiger charge is -2.15. The molecule has 0 saturated heterocycles. The van der Waals surface area contributed by atoms with Crippen molar-refractivity contribution in [2.75, 3.05) is 0 Å². The van der Waals surface area contributed by atoms with Crippen LogP contribution in [0.1, 0.15) is 30.6 Å². The second-order valence-electron chi connectivity index (χ2n) is 3.95. The molecule has 0 spiro atoms. The van der Waals surface area contributed by atoms with Gasteiger partial charge in [0.25, 0.3) is 5.91 Å². The molecule has 3 N–H and O–H groups in total. The first-order valence-corrected chi connectivity index (χ1v) is 5.21. The molecule has 0 aliphatic heterocycles. The molecule has 3 nitrogen and oxygen atoms in total. The third-order valence-electron chi connectivity index (χ3n) is 2.14. The van der Waals surface area contributed by atoms with Crippen LogP contribution in [0.2, 0.25) is 0 Å². The summed E-state index contributed by atoms with van der Waals surface area (Å²) in [6.07, 6.45) is 0.790. The standard InChI is InChI=1S/C12H18N2O/c1-9(13)8-10(2)14-12(15)11-6-4-3-5-7-11/h3-7,9-10H,8,13H2,1-2H3,(H,14,15). The van der Waals surface area contributed by atoms with Crippen molar-refractivity contribution in [1.82, 2.24) is 5.32 Å². The third kappa shape index (κ3) is 4.13. The molecule has 0 saturated carbocycles. The number of carbonyl (C=O) groups excluding carboxylic acids is 1. The molecule has 0 aliphatic carbocycles. The molecular weight excluding hydrogens is 188 g/mol. The summed E-state index contributed by atoms with van der Waals surface area (Å²) in [4.78, 5) is 11.7. The van der Waals surface area contributed by atoms with Gasteiger partial charge in [-0.2, -0.15) is 0 Å². The summed E-state index contributed by atoms with van der Waals surface area (Å²) < 4.78 is 0. The second-order valence-corrected chi connectivity index (χ2v) is 3.95. The fraction of sp³-hybridized carbons (Fsp3) is 0.417. The lowest BCUT2D eigenvalue weighted by molar-refractivity contribution is 0.0937. The molecule has 0 radical (unpaired) electrons. The summed E-state index contributed by atoms with van der Waals surface area (Å²) in [5.41, 5.74) is 6.35. The zero-order valence-corrected chi connectivity index (χ0v) is 9.23. The first kappa shape index (κ1) is 11.7. The smallest absolute Gasteiger partial charge is 0.251 e. The number of nitrogens with two attached hydrogens (primary N) is 1. The molecule has 1 rings (SSSR count). The predicted molar refractivity (Wildman–Crippen MR) is 61.6 cm³/mol. The number of amides is 1. The number of hydrogen-bond donors (Lipinski definition) is 2. The average molecular weight is 206 g/mol. The molecule has 0 bridgehead atoms. The minimum atomic E-state index is -0.0382. The van der Waals surface area contributed by atoms with Gasteiger partial charge in [0.05, 0.1) is 0 Å². The Bertz CT molecular complexity index is 309. The highest BCUT2D eigenvalue weighted by atomic mass is 16.1. The number of benzene rings is 1. The zero-order chi connectivity index (χ0) is 11.3. The Morgan fingerprint density at radius 1 is 1.33 bits per heavy atom. The molecule has 0 fully saturated rings. The molecule has 3 heteroatoms. The van der Waals surface area contributed by atoms with Gasteiger partial charge in [-0.05, 0) is 32.4 Å². The molecule has 0 aliphatic rings. The SMILES string of the molecule is CC(N)CC(C)NC(=O)c1ccccc1. The van der Waals surface area contributed by atoms with Crippen molar-refractivity contribution in [2.24, 2.45) is 5.73 Å². The lowest BCUT2D eigenvalue weighted by atomic mass is 10.1. The van der Waals surface area contributed by atoms with Crippen LogP contribution in [-0.2, 0) is 0 Å². The summed E-state index contributed by atoms with van der Waals surface area (Å²) in [5, 5.41) is 2.91. The quantitative estimate of drug-likeness (QED) is 0.785. The fourth-order valence-corrected chi connectivity index (χ4v) is 1.51. The van der Waals surface area contributed by atoms with Crippen molar-refractivity contribution in [3.63, 3.8) is 0 Å². The van der Waals surface area contributed by atoms with Crippen molar-refractivity contribution >= 4 is 5.91 Å². The topological polar surface area (TPSA) is 55.1 Å². The van der Waals surface area contributed by atoms with E-state index < -0.39 is 0 Å². The van der Waals surface area contributed by atoms with Crippen molar-refractivity contribution in [3.05, 3.63) is 35.9 Å². The van der Waals surface area contributed by atoms with Crippen LogP contribution in [0.4, 0.5) is 0 Å². The van der Waals surface area contributed by atoms with Gasteiger partial charge in [0.2, 0.25) is 0 Å². The van der Waals surface area contributed by atoms with Gasteiger partial charge in [-0.25, -0.2) is 0 Å². The largest absolute Gasteiger partial charge is 0.350 e. The highest BCUT2D eigenvalue weighted by Crippen LogP contribution is 2.01. The van der Waals surface area contributed by atoms with Gasteiger partial charge in [0.15, 0.2) is 0 Å². The first-order valence-electron chi connectivity index (χ1n) is 5.21. The molecule has 1 aromatic carbocycles. The summed E-state index contributed by atoms with van der Waals surface area (Å²) in [6, 6.07) is 9.41. The Morgan fingerprint density at radius 2 is 1.93 bits per heavy atom. The van der Waals surface area contributed by atoms with Crippen LogP contribution in [0.5, 0.6) is 0 Å². The van der Waals surface area contributed by atoms with Crippen molar-refractivity contribution in [1.29, 1.82) is 0 Å². The zero-order valence-electron chi connectivity index (χ0n) is 9.23.